The van der Waals surface area contributed by atoms with Gasteiger partial charge in [-0.1, -0.05) is 42.5 Å². The summed E-state index contributed by atoms with van der Waals surface area (Å²) in [6, 6.07) is 26.4. The highest BCUT2D eigenvalue weighted by molar-refractivity contribution is 7.98. The zero-order chi connectivity index (χ0) is 24.4. The highest BCUT2D eigenvalue weighted by atomic mass is 32.2. The van der Waals surface area contributed by atoms with Gasteiger partial charge in [0.05, 0.1) is 13.4 Å². The fourth-order valence-electron chi connectivity index (χ4n) is 4.27. The van der Waals surface area contributed by atoms with Crippen LogP contribution in [0.5, 0.6) is 5.75 Å². The topological polar surface area (TPSA) is 51.5 Å². The van der Waals surface area contributed by atoms with E-state index in [9.17, 15) is 4.79 Å². The number of rotatable bonds is 6. The third kappa shape index (κ3) is 4.68. The first-order valence-corrected chi connectivity index (χ1v) is 12.5. The molecule has 5 aromatic rings. The van der Waals surface area contributed by atoms with Crippen molar-refractivity contribution in [1.82, 2.24) is 0 Å². The van der Waals surface area contributed by atoms with Crippen LogP contribution in [0.2, 0.25) is 0 Å². The summed E-state index contributed by atoms with van der Waals surface area (Å²) in [4.78, 5) is 13.9. The molecule has 0 aliphatic rings. The molecule has 35 heavy (non-hydrogen) atoms. The molecule has 0 aliphatic carbocycles. The molecule has 0 aliphatic heterocycles. The molecule has 4 nitrogen and oxygen atoms in total. The predicted octanol–water partition coefficient (Wildman–Crippen LogP) is 8.03. The second-order valence-corrected chi connectivity index (χ2v) is 9.19. The Morgan fingerprint density at radius 1 is 0.971 bits per heavy atom. The average Bonchev–Trinajstić information content (AvgIpc) is 3.30. The van der Waals surface area contributed by atoms with Crippen LogP contribution < -0.4 is 10.1 Å². The molecule has 1 N–H and O–H groups in total. The average molecular weight is 480 g/mol. The van der Waals surface area contributed by atoms with Crippen LogP contribution in [0.4, 0.5) is 5.69 Å². The van der Waals surface area contributed by atoms with Gasteiger partial charge >= 0.3 is 0 Å². The number of benzene rings is 4. The number of anilines is 1. The zero-order valence-electron chi connectivity index (χ0n) is 19.8. The summed E-state index contributed by atoms with van der Waals surface area (Å²) in [5.41, 5.74) is 5.22. The van der Waals surface area contributed by atoms with E-state index in [1.807, 2.05) is 61.7 Å². The Hall–Kier alpha value is -3.96. The van der Waals surface area contributed by atoms with Crippen molar-refractivity contribution < 1.29 is 13.9 Å². The Labute approximate surface area is 208 Å². The Morgan fingerprint density at radius 2 is 1.80 bits per heavy atom. The summed E-state index contributed by atoms with van der Waals surface area (Å²) in [6.45, 7) is 1.91. The van der Waals surface area contributed by atoms with E-state index in [-0.39, 0.29) is 5.91 Å². The maximum atomic E-state index is 12.8. The van der Waals surface area contributed by atoms with Gasteiger partial charge in [-0.2, -0.15) is 0 Å². The highest BCUT2D eigenvalue weighted by Crippen LogP contribution is 2.38. The molecule has 0 atom stereocenters. The van der Waals surface area contributed by atoms with Gasteiger partial charge in [0.2, 0.25) is 5.91 Å². The Morgan fingerprint density at radius 3 is 2.60 bits per heavy atom. The molecule has 4 aromatic carbocycles. The van der Waals surface area contributed by atoms with E-state index in [1.165, 1.54) is 10.8 Å². The molecule has 0 fully saturated rings. The first-order chi connectivity index (χ1) is 17.1. The minimum atomic E-state index is -0.190. The molecule has 0 unspecified atom stereocenters. The Balaban J connectivity index is 1.51. The number of thioether (sulfide) groups is 1. The van der Waals surface area contributed by atoms with Crippen LogP contribution in [0.3, 0.4) is 0 Å². The van der Waals surface area contributed by atoms with Gasteiger partial charge in [0, 0.05) is 39.2 Å². The maximum Gasteiger partial charge on any atom is 0.248 e. The second kappa shape index (κ2) is 9.72. The lowest BCUT2D eigenvalue weighted by Crippen LogP contribution is -2.08. The van der Waals surface area contributed by atoms with Crippen LogP contribution in [-0.2, 0) is 4.79 Å². The second-order valence-electron chi connectivity index (χ2n) is 8.31. The van der Waals surface area contributed by atoms with Gasteiger partial charge < -0.3 is 14.5 Å². The van der Waals surface area contributed by atoms with Crippen molar-refractivity contribution in [2.45, 2.75) is 11.8 Å². The van der Waals surface area contributed by atoms with Crippen LogP contribution in [0.25, 0.3) is 38.4 Å². The number of carbonyl (C=O) groups is 1. The van der Waals surface area contributed by atoms with Crippen molar-refractivity contribution in [3.63, 3.8) is 0 Å². The summed E-state index contributed by atoms with van der Waals surface area (Å²) < 4.78 is 11.5. The summed E-state index contributed by atoms with van der Waals surface area (Å²) in [5, 5.41) is 6.29. The first-order valence-electron chi connectivity index (χ1n) is 11.3. The molecule has 0 bridgehead atoms. The standard InChI is InChI=1S/C30H25NO3S/c1-19(13-30(32)31-23-9-6-10-24(15-23)35-3)25-16-26-27(18-34-29(26)17-28(25)33-2)22-12-11-20-7-4-5-8-21(20)14-22/h4-18H,1-3H3,(H,31,32)/b19-13+. The van der Waals surface area contributed by atoms with Crippen LogP contribution in [0.15, 0.2) is 101 Å². The molecule has 0 saturated carbocycles. The van der Waals surface area contributed by atoms with E-state index in [0.717, 1.165) is 43.8 Å². The van der Waals surface area contributed by atoms with E-state index in [2.05, 4.69) is 35.6 Å². The van der Waals surface area contributed by atoms with E-state index in [4.69, 9.17) is 9.15 Å². The number of ether oxygens (including phenoxy) is 1. The molecule has 1 amide bonds. The van der Waals surface area contributed by atoms with E-state index in [0.29, 0.717) is 5.75 Å². The third-order valence-electron chi connectivity index (χ3n) is 6.07. The van der Waals surface area contributed by atoms with Crippen molar-refractivity contribution >= 4 is 50.7 Å². The monoisotopic (exact) mass is 479 g/mol. The lowest BCUT2D eigenvalue weighted by Gasteiger charge is -2.11. The molecule has 174 valence electrons. The van der Waals surface area contributed by atoms with Crippen LogP contribution in [-0.4, -0.2) is 19.3 Å². The largest absolute Gasteiger partial charge is 0.496 e. The number of carbonyl (C=O) groups excluding carboxylic acids is 1. The molecule has 1 heterocycles. The number of nitrogens with one attached hydrogen (secondary N) is 1. The van der Waals surface area contributed by atoms with Gasteiger partial charge in [0.1, 0.15) is 11.3 Å². The number of hydrogen-bond acceptors (Lipinski definition) is 4. The van der Waals surface area contributed by atoms with Gasteiger partial charge in [-0.3, -0.25) is 4.79 Å². The number of furan rings is 1. The van der Waals surface area contributed by atoms with Gasteiger partial charge in [0.15, 0.2) is 0 Å². The summed E-state index contributed by atoms with van der Waals surface area (Å²) >= 11 is 1.64. The molecule has 0 saturated heterocycles. The number of allylic oxidation sites excluding steroid dienone is 1. The predicted molar refractivity (Wildman–Crippen MR) is 146 cm³/mol. The molecule has 0 radical (unpaired) electrons. The Bertz CT molecular complexity index is 1580. The van der Waals surface area contributed by atoms with Gasteiger partial charge in [-0.15, -0.1) is 11.8 Å². The van der Waals surface area contributed by atoms with Crippen molar-refractivity contribution in [3.8, 4) is 16.9 Å². The molecule has 5 rings (SSSR count). The minimum absolute atomic E-state index is 0.190. The van der Waals surface area contributed by atoms with E-state index in [1.54, 1.807) is 31.2 Å². The highest BCUT2D eigenvalue weighted by Gasteiger charge is 2.15. The first kappa shape index (κ1) is 22.8. The fourth-order valence-corrected chi connectivity index (χ4v) is 4.73. The van der Waals surface area contributed by atoms with Crippen LogP contribution in [0.1, 0.15) is 12.5 Å². The van der Waals surface area contributed by atoms with Crippen molar-refractivity contribution in [1.29, 1.82) is 0 Å². The molecular formula is C30H25NO3S. The van der Waals surface area contributed by atoms with Crippen molar-refractivity contribution in [3.05, 3.63) is 96.8 Å². The van der Waals surface area contributed by atoms with Crippen molar-refractivity contribution in [2.75, 3.05) is 18.7 Å². The molecule has 0 spiro atoms. The minimum Gasteiger partial charge on any atom is -0.496 e. The molecule has 1 aromatic heterocycles. The van der Waals surface area contributed by atoms with Gasteiger partial charge in [-0.25, -0.2) is 0 Å². The smallest absolute Gasteiger partial charge is 0.248 e. The lowest BCUT2D eigenvalue weighted by atomic mass is 9.97. The molecular weight excluding hydrogens is 454 g/mol. The fraction of sp³-hybridized carbons (Fsp3) is 0.100. The summed E-state index contributed by atoms with van der Waals surface area (Å²) in [6.07, 6.45) is 5.39. The molecule has 5 heteroatoms. The number of amides is 1. The quantitative estimate of drug-likeness (QED) is 0.198. The number of fused-ring (bicyclic) bond motifs is 2. The number of methoxy groups -OCH3 is 1. The normalized spacial score (nSPS) is 11.7. The van der Waals surface area contributed by atoms with Gasteiger partial charge in [-0.05, 0) is 65.4 Å². The van der Waals surface area contributed by atoms with Crippen LogP contribution in [0, 0.1) is 0 Å². The van der Waals surface area contributed by atoms with Crippen molar-refractivity contribution in [2.24, 2.45) is 0 Å². The maximum absolute atomic E-state index is 12.8. The Kier molecular flexibility index (Phi) is 6.34. The number of hydrogen-bond donors (Lipinski definition) is 1. The van der Waals surface area contributed by atoms with Crippen LogP contribution >= 0.6 is 11.8 Å². The van der Waals surface area contributed by atoms with Gasteiger partial charge in [0.25, 0.3) is 0 Å². The third-order valence-corrected chi connectivity index (χ3v) is 6.79. The van der Waals surface area contributed by atoms with E-state index >= 15 is 0 Å². The van der Waals surface area contributed by atoms with E-state index < -0.39 is 0 Å². The zero-order valence-corrected chi connectivity index (χ0v) is 20.6. The summed E-state index contributed by atoms with van der Waals surface area (Å²) in [7, 11) is 1.62. The lowest BCUT2D eigenvalue weighted by molar-refractivity contribution is -0.111. The SMILES string of the molecule is COc1cc2occ(-c3ccc4ccccc4c3)c2cc1/C(C)=C/C(=O)Nc1cccc(SC)c1. The summed E-state index contributed by atoms with van der Waals surface area (Å²) in [5.74, 6) is 0.465.